The van der Waals surface area contributed by atoms with Crippen molar-refractivity contribution in [3.05, 3.63) is 22.7 Å². The normalized spacial score (nSPS) is 33.4. The number of hydrogen-bond donors (Lipinski definition) is 1. The van der Waals surface area contributed by atoms with E-state index in [0.29, 0.717) is 0 Å². The summed E-state index contributed by atoms with van der Waals surface area (Å²) in [5.41, 5.74) is 4.88. The summed E-state index contributed by atoms with van der Waals surface area (Å²) in [5, 5.41) is 0. The van der Waals surface area contributed by atoms with Crippen LogP contribution in [0.3, 0.4) is 0 Å². The maximum Gasteiger partial charge on any atom is 0.475 e. The molecule has 2 N–H and O–H groups in total. The Kier molecular flexibility index (Phi) is 6.91. The van der Waals surface area contributed by atoms with Crippen LogP contribution in [0.15, 0.2) is 17.1 Å². The topological polar surface area (TPSA) is 141 Å². The van der Waals surface area contributed by atoms with E-state index < -0.39 is 36.8 Å². The van der Waals surface area contributed by atoms with Crippen LogP contribution in [-0.4, -0.2) is 51.9 Å². The van der Waals surface area contributed by atoms with Crippen molar-refractivity contribution < 1.29 is 32.4 Å². The zero-order valence-corrected chi connectivity index (χ0v) is 18.5. The number of aromatic nitrogens is 2. The number of nitrogen functional groups attached to an aromatic ring is 1. The lowest BCUT2D eigenvalue weighted by atomic mass is 10.0. The first-order chi connectivity index (χ1) is 14.0. The van der Waals surface area contributed by atoms with Gasteiger partial charge in [0.1, 0.15) is 22.9 Å². The molecule has 30 heavy (non-hydrogen) atoms. The first-order valence-electron chi connectivity index (χ1n) is 9.48. The number of anilines is 1. The van der Waals surface area contributed by atoms with Gasteiger partial charge in [0.2, 0.25) is 0 Å². The number of phosphoric ester groups is 1. The van der Waals surface area contributed by atoms with E-state index in [0.717, 1.165) is 0 Å². The monoisotopic (exact) mass is 465 g/mol. The number of carbonyl (C=O) groups is 1. The van der Waals surface area contributed by atoms with Gasteiger partial charge in [0.25, 0.3) is 0 Å². The molecule has 5 atom stereocenters. The van der Waals surface area contributed by atoms with Crippen LogP contribution in [0.25, 0.3) is 0 Å². The fourth-order valence-electron chi connectivity index (χ4n) is 3.23. The van der Waals surface area contributed by atoms with Crippen molar-refractivity contribution in [2.75, 3.05) is 18.9 Å². The van der Waals surface area contributed by atoms with Crippen LogP contribution in [0.5, 0.6) is 0 Å². The molecule has 0 bridgehead atoms. The molecule has 2 aliphatic rings. The highest BCUT2D eigenvalue weighted by Crippen LogP contribution is 2.60. The molecule has 0 spiro atoms. The Balaban J connectivity index is 1.62. The van der Waals surface area contributed by atoms with Gasteiger partial charge in [0, 0.05) is 12.6 Å². The predicted molar refractivity (Wildman–Crippen MR) is 106 cm³/mol. The van der Waals surface area contributed by atoms with E-state index in [4.69, 9.17) is 40.4 Å². The first-order valence-corrected chi connectivity index (χ1v) is 11.3. The molecule has 0 amide bonds. The van der Waals surface area contributed by atoms with Crippen LogP contribution >= 0.6 is 19.4 Å². The van der Waals surface area contributed by atoms with Gasteiger partial charge in [-0.15, -0.1) is 11.6 Å². The summed E-state index contributed by atoms with van der Waals surface area (Å²) in [6.45, 7) is 4.96. The molecule has 0 saturated carbocycles. The molecule has 11 nitrogen and oxygen atoms in total. The zero-order chi connectivity index (χ0) is 22.1. The van der Waals surface area contributed by atoms with Crippen molar-refractivity contribution in [2.24, 2.45) is 0 Å². The number of rotatable bonds is 7. The van der Waals surface area contributed by atoms with E-state index in [1.54, 1.807) is 20.8 Å². The average Bonchev–Trinajstić information content (AvgIpc) is 2.89. The molecular weight excluding hydrogens is 441 g/mol. The Morgan fingerprint density at radius 2 is 2.27 bits per heavy atom. The van der Waals surface area contributed by atoms with Gasteiger partial charge in [0.15, 0.2) is 6.23 Å². The second-order valence-electron chi connectivity index (χ2n) is 7.46. The fraction of sp³-hybridized carbons (Fsp3) is 0.706. The Hall–Kier alpha value is -1.49. The molecule has 168 valence electrons. The van der Waals surface area contributed by atoms with E-state index in [1.165, 1.54) is 16.8 Å². The van der Waals surface area contributed by atoms with Gasteiger partial charge in [0.05, 0.1) is 19.3 Å². The highest BCUT2D eigenvalue weighted by molar-refractivity contribution is 7.48. The Morgan fingerprint density at radius 3 is 2.93 bits per heavy atom. The van der Waals surface area contributed by atoms with E-state index >= 15 is 0 Å². The number of carbonyl (C=O) groups excluding carboxylic acids is 1. The number of nitrogens with two attached hydrogens (primary N) is 1. The molecule has 0 aliphatic carbocycles. The zero-order valence-electron chi connectivity index (χ0n) is 16.9. The number of alkyl halides is 1. The summed E-state index contributed by atoms with van der Waals surface area (Å²) in [4.78, 5) is 26.1. The van der Waals surface area contributed by atoms with Gasteiger partial charge in [-0.3, -0.25) is 22.9 Å². The van der Waals surface area contributed by atoms with E-state index in [9.17, 15) is 14.2 Å². The molecule has 13 heteroatoms. The van der Waals surface area contributed by atoms with E-state index in [2.05, 4.69) is 4.98 Å². The minimum Gasteiger partial charge on any atom is -0.463 e. The third-order valence-corrected chi connectivity index (χ3v) is 6.42. The number of ether oxygens (including phenoxy) is 2. The standard InChI is InChI=1S/C17H25ClN3O8P/c1-10(2)27-13(22)5-4-8-25-30(24)26-9-11-14(29-30)17(3,18)15(28-11)21-7-6-12(19)20-16(21)23/h6-7,10-11,14-15H,4-5,8-9H2,1-3H3,(H2,19,20,23)/t11-,14-,15-,17-,30-/m1/s1. The molecule has 2 fully saturated rings. The van der Waals surface area contributed by atoms with Gasteiger partial charge < -0.3 is 15.2 Å². The van der Waals surface area contributed by atoms with Gasteiger partial charge in [-0.2, -0.15) is 4.98 Å². The molecule has 1 aromatic heterocycles. The summed E-state index contributed by atoms with van der Waals surface area (Å²) in [6, 6.07) is 1.44. The van der Waals surface area contributed by atoms with E-state index in [-0.39, 0.29) is 43.9 Å². The van der Waals surface area contributed by atoms with Crippen LogP contribution in [0.1, 0.15) is 39.8 Å². The number of hydrogen-bond acceptors (Lipinski definition) is 10. The summed E-state index contributed by atoms with van der Waals surface area (Å²) < 4.78 is 41.0. The lowest BCUT2D eigenvalue weighted by Crippen LogP contribution is -2.45. The van der Waals surface area contributed by atoms with Gasteiger partial charge in [-0.1, -0.05) is 0 Å². The second-order valence-corrected chi connectivity index (χ2v) is 9.90. The molecule has 0 radical (unpaired) electrons. The minimum absolute atomic E-state index is 0.0352. The maximum atomic E-state index is 12.8. The molecule has 3 rings (SSSR count). The van der Waals surface area contributed by atoms with Crippen LogP contribution < -0.4 is 11.4 Å². The van der Waals surface area contributed by atoms with Crippen molar-refractivity contribution in [3.63, 3.8) is 0 Å². The first kappa shape index (κ1) is 23.2. The number of phosphoric acid groups is 1. The van der Waals surface area contributed by atoms with Crippen molar-refractivity contribution in [1.29, 1.82) is 0 Å². The fourth-order valence-corrected chi connectivity index (χ4v) is 5.15. The number of fused-ring (bicyclic) bond motifs is 1. The molecular formula is C17H25ClN3O8P. The summed E-state index contributed by atoms with van der Waals surface area (Å²) in [6.07, 6.45) is -0.904. The number of nitrogens with zero attached hydrogens (tertiary/aromatic N) is 2. The number of esters is 1. The third-order valence-electron chi connectivity index (χ3n) is 4.57. The summed E-state index contributed by atoms with van der Waals surface area (Å²) in [5.74, 6) is -0.307. The lowest BCUT2D eigenvalue weighted by molar-refractivity contribution is -0.147. The van der Waals surface area contributed by atoms with Crippen LogP contribution in [0.2, 0.25) is 0 Å². The molecule has 0 aromatic carbocycles. The highest BCUT2D eigenvalue weighted by atomic mass is 35.5. The smallest absolute Gasteiger partial charge is 0.463 e. The second kappa shape index (κ2) is 8.94. The lowest BCUT2D eigenvalue weighted by Gasteiger charge is -2.34. The van der Waals surface area contributed by atoms with Crippen LogP contribution in [0.4, 0.5) is 5.82 Å². The Morgan fingerprint density at radius 1 is 1.53 bits per heavy atom. The largest absolute Gasteiger partial charge is 0.475 e. The minimum atomic E-state index is -3.93. The summed E-state index contributed by atoms with van der Waals surface area (Å²) in [7, 11) is -3.93. The van der Waals surface area contributed by atoms with Gasteiger partial charge in [-0.05, 0) is 33.3 Å². The van der Waals surface area contributed by atoms with Gasteiger partial charge >= 0.3 is 19.5 Å². The molecule has 2 saturated heterocycles. The van der Waals surface area contributed by atoms with Crippen molar-refractivity contribution in [3.8, 4) is 0 Å². The van der Waals surface area contributed by atoms with Crippen molar-refractivity contribution in [2.45, 2.75) is 63.0 Å². The average molecular weight is 466 g/mol. The number of halogens is 1. The third kappa shape index (κ3) is 5.04. The Labute approximate surface area is 178 Å². The summed E-state index contributed by atoms with van der Waals surface area (Å²) >= 11 is 6.67. The molecule has 0 unspecified atom stereocenters. The molecule has 1 aromatic rings. The maximum absolute atomic E-state index is 12.8. The quantitative estimate of drug-likeness (QED) is 0.275. The highest BCUT2D eigenvalue weighted by Gasteiger charge is 2.60. The molecule has 3 heterocycles. The predicted octanol–water partition coefficient (Wildman–Crippen LogP) is 1.99. The van der Waals surface area contributed by atoms with E-state index in [1.807, 2.05) is 0 Å². The SMILES string of the molecule is CC(C)OC(=O)CCCO[P@]1(=O)OC[C@H]2O[C@@H](n3ccc(N)nc3=O)[C@](C)(Cl)[C@@H]2O1. The van der Waals surface area contributed by atoms with Crippen LogP contribution in [-0.2, 0) is 32.4 Å². The van der Waals surface area contributed by atoms with Crippen molar-refractivity contribution in [1.82, 2.24) is 9.55 Å². The van der Waals surface area contributed by atoms with Gasteiger partial charge in [-0.25, -0.2) is 9.36 Å². The Bertz CT molecular complexity index is 892. The van der Waals surface area contributed by atoms with Crippen LogP contribution in [0, 0.1) is 0 Å². The van der Waals surface area contributed by atoms with Crippen molar-refractivity contribution >= 4 is 31.2 Å². The molecule has 2 aliphatic heterocycles.